The third-order valence-electron chi connectivity index (χ3n) is 3.57. The number of hydrogen-bond acceptors (Lipinski definition) is 6. The molecule has 0 aromatic carbocycles. The van der Waals surface area contributed by atoms with Crippen LogP contribution in [0.5, 0.6) is 5.75 Å². The van der Waals surface area contributed by atoms with E-state index in [-0.39, 0.29) is 6.61 Å². The fourth-order valence-corrected chi connectivity index (χ4v) is 2.68. The van der Waals surface area contributed by atoms with Crippen LogP contribution in [0, 0.1) is 0 Å². The molecule has 0 saturated carbocycles. The summed E-state index contributed by atoms with van der Waals surface area (Å²) in [6, 6.07) is 0.431. The van der Waals surface area contributed by atoms with Gasteiger partial charge >= 0.3 is 0 Å². The maximum absolute atomic E-state index is 8.99. The van der Waals surface area contributed by atoms with Crippen molar-refractivity contribution < 1.29 is 9.84 Å². The minimum Gasteiger partial charge on any atom is -0.490 e. The number of nitrogens with one attached hydrogen (secondary N) is 1. The van der Waals surface area contributed by atoms with Gasteiger partial charge in [0.05, 0.1) is 7.11 Å². The number of aromatic nitrogens is 2. The van der Waals surface area contributed by atoms with Crippen LogP contribution in [0.1, 0.15) is 25.7 Å². The van der Waals surface area contributed by atoms with Gasteiger partial charge in [0.2, 0.25) is 5.75 Å². The number of ether oxygens (including phenoxy) is 1. The van der Waals surface area contributed by atoms with Gasteiger partial charge in [0, 0.05) is 26.2 Å². The minimum absolute atomic E-state index is 0.243. The molecular weight excluding hydrogens is 244 g/mol. The van der Waals surface area contributed by atoms with Gasteiger partial charge in [0.25, 0.3) is 0 Å². The number of hydrogen-bond donors (Lipinski definition) is 2. The summed E-state index contributed by atoms with van der Waals surface area (Å²) >= 11 is 0. The summed E-state index contributed by atoms with van der Waals surface area (Å²) in [5, 5.41) is 12.0. The van der Waals surface area contributed by atoms with E-state index in [9.17, 15) is 0 Å². The lowest BCUT2D eigenvalue weighted by molar-refractivity contribution is 0.279. The van der Waals surface area contributed by atoms with Gasteiger partial charge in [-0.1, -0.05) is 0 Å². The lowest BCUT2D eigenvalue weighted by Crippen LogP contribution is -2.30. The maximum Gasteiger partial charge on any atom is 0.204 e. The highest BCUT2D eigenvalue weighted by Crippen LogP contribution is 2.36. The van der Waals surface area contributed by atoms with Crippen LogP contribution in [0.25, 0.3) is 0 Å². The average Bonchev–Trinajstić information content (AvgIpc) is 2.92. The molecule has 6 heteroatoms. The number of nitrogens with zero attached hydrogens (tertiary/aromatic N) is 3. The van der Waals surface area contributed by atoms with Crippen molar-refractivity contribution in [2.45, 2.75) is 31.7 Å². The van der Waals surface area contributed by atoms with Crippen molar-refractivity contribution in [2.75, 3.05) is 37.5 Å². The monoisotopic (exact) mass is 266 g/mol. The predicted octanol–water partition coefficient (Wildman–Crippen LogP) is 1.27. The van der Waals surface area contributed by atoms with Crippen LogP contribution in [0.15, 0.2) is 6.33 Å². The molecule has 1 atom stereocenters. The molecule has 0 amide bonds. The third-order valence-corrected chi connectivity index (χ3v) is 3.57. The summed E-state index contributed by atoms with van der Waals surface area (Å²) in [6.45, 7) is 1.22. The Bertz CT molecular complexity index is 414. The largest absolute Gasteiger partial charge is 0.490 e. The fourth-order valence-electron chi connectivity index (χ4n) is 2.68. The van der Waals surface area contributed by atoms with E-state index >= 15 is 0 Å². The molecule has 1 unspecified atom stereocenters. The van der Waals surface area contributed by atoms with Crippen LogP contribution < -0.4 is 15.0 Å². The van der Waals surface area contributed by atoms with Gasteiger partial charge < -0.3 is 20.1 Å². The van der Waals surface area contributed by atoms with Crippen LogP contribution >= 0.6 is 0 Å². The summed E-state index contributed by atoms with van der Waals surface area (Å²) in [4.78, 5) is 10.8. The van der Waals surface area contributed by atoms with Crippen molar-refractivity contribution >= 4 is 11.6 Å². The van der Waals surface area contributed by atoms with Crippen LogP contribution in [0.3, 0.4) is 0 Å². The molecule has 1 saturated heterocycles. The summed E-state index contributed by atoms with van der Waals surface area (Å²) in [5.74, 6) is 2.25. The zero-order chi connectivity index (χ0) is 13.7. The molecular formula is C13H22N4O2. The SMILES string of the molecule is CNc1ncnc(N2CCCC2CCCO)c1OC. The molecule has 0 spiro atoms. The van der Waals surface area contributed by atoms with Crippen molar-refractivity contribution in [1.29, 1.82) is 0 Å². The Morgan fingerprint density at radius 3 is 3.05 bits per heavy atom. The van der Waals surface area contributed by atoms with Gasteiger partial charge in [-0.2, -0.15) is 0 Å². The van der Waals surface area contributed by atoms with Crippen molar-refractivity contribution in [2.24, 2.45) is 0 Å². The smallest absolute Gasteiger partial charge is 0.204 e. The van der Waals surface area contributed by atoms with Gasteiger partial charge in [0.15, 0.2) is 11.6 Å². The molecule has 1 aromatic heterocycles. The molecule has 0 aliphatic carbocycles. The van der Waals surface area contributed by atoms with E-state index in [1.165, 1.54) is 0 Å². The van der Waals surface area contributed by atoms with Crippen molar-refractivity contribution in [1.82, 2.24) is 9.97 Å². The highest BCUT2D eigenvalue weighted by atomic mass is 16.5. The second kappa shape index (κ2) is 6.56. The van der Waals surface area contributed by atoms with Gasteiger partial charge in [-0.25, -0.2) is 9.97 Å². The first kappa shape index (κ1) is 13.9. The first-order valence-corrected chi connectivity index (χ1v) is 6.76. The van der Waals surface area contributed by atoms with Crippen LogP contribution in [0.2, 0.25) is 0 Å². The zero-order valence-corrected chi connectivity index (χ0v) is 11.6. The standard InChI is InChI=1S/C13H22N4O2/c1-14-12-11(19-2)13(16-9-15-12)17-7-3-5-10(17)6-4-8-18/h9-10,18H,3-8H2,1-2H3,(H,14,15,16). The summed E-state index contributed by atoms with van der Waals surface area (Å²) in [7, 11) is 3.46. The molecule has 1 fully saturated rings. The topological polar surface area (TPSA) is 70.5 Å². The lowest BCUT2D eigenvalue weighted by atomic mass is 10.1. The quantitative estimate of drug-likeness (QED) is 0.808. The highest BCUT2D eigenvalue weighted by molar-refractivity contribution is 5.65. The highest BCUT2D eigenvalue weighted by Gasteiger charge is 2.28. The zero-order valence-electron chi connectivity index (χ0n) is 11.6. The van der Waals surface area contributed by atoms with E-state index in [0.29, 0.717) is 17.6 Å². The van der Waals surface area contributed by atoms with Crippen molar-refractivity contribution in [3.63, 3.8) is 0 Å². The van der Waals surface area contributed by atoms with Gasteiger partial charge in [0.1, 0.15) is 6.33 Å². The Labute approximate surface area is 113 Å². The summed E-state index contributed by atoms with van der Waals surface area (Å²) in [5.41, 5.74) is 0. The van der Waals surface area contributed by atoms with Crippen molar-refractivity contribution in [3.8, 4) is 5.75 Å². The molecule has 106 valence electrons. The molecule has 2 N–H and O–H groups in total. The molecule has 1 aliphatic heterocycles. The predicted molar refractivity (Wildman–Crippen MR) is 74.8 cm³/mol. The molecule has 1 aromatic rings. The number of anilines is 2. The van der Waals surface area contributed by atoms with E-state index in [2.05, 4.69) is 20.2 Å². The van der Waals surface area contributed by atoms with Gasteiger partial charge in [-0.3, -0.25) is 0 Å². The Kier molecular flexibility index (Phi) is 4.79. The molecule has 0 radical (unpaired) electrons. The second-order valence-corrected chi connectivity index (χ2v) is 4.68. The minimum atomic E-state index is 0.243. The Hall–Kier alpha value is -1.56. The van der Waals surface area contributed by atoms with Gasteiger partial charge in [-0.05, 0) is 25.7 Å². The Morgan fingerprint density at radius 1 is 1.53 bits per heavy atom. The summed E-state index contributed by atoms with van der Waals surface area (Å²) in [6.07, 6.45) is 5.66. The molecule has 19 heavy (non-hydrogen) atoms. The fraction of sp³-hybridized carbons (Fsp3) is 0.692. The van der Waals surface area contributed by atoms with Crippen LogP contribution in [-0.2, 0) is 0 Å². The first-order chi connectivity index (χ1) is 9.31. The van der Waals surface area contributed by atoms with Crippen LogP contribution in [-0.4, -0.2) is 48.4 Å². The van der Waals surface area contributed by atoms with E-state index < -0.39 is 0 Å². The van der Waals surface area contributed by atoms with E-state index in [1.807, 2.05) is 7.05 Å². The normalized spacial score (nSPS) is 18.7. The van der Waals surface area contributed by atoms with Gasteiger partial charge in [-0.15, -0.1) is 0 Å². The Morgan fingerprint density at radius 2 is 2.37 bits per heavy atom. The van der Waals surface area contributed by atoms with Crippen LogP contribution in [0.4, 0.5) is 11.6 Å². The third kappa shape index (κ3) is 2.89. The second-order valence-electron chi connectivity index (χ2n) is 4.68. The summed E-state index contributed by atoms with van der Waals surface area (Å²) < 4.78 is 5.45. The first-order valence-electron chi connectivity index (χ1n) is 6.76. The molecule has 1 aliphatic rings. The van der Waals surface area contributed by atoms with E-state index in [4.69, 9.17) is 9.84 Å². The molecule has 2 heterocycles. The van der Waals surface area contributed by atoms with E-state index in [1.54, 1.807) is 13.4 Å². The number of methoxy groups -OCH3 is 1. The van der Waals surface area contributed by atoms with Crippen molar-refractivity contribution in [3.05, 3.63) is 6.33 Å². The number of aliphatic hydroxyl groups is 1. The lowest BCUT2D eigenvalue weighted by Gasteiger charge is -2.27. The molecule has 2 rings (SSSR count). The molecule has 6 nitrogen and oxygen atoms in total. The number of rotatable bonds is 6. The Balaban J connectivity index is 2.24. The number of aliphatic hydroxyl groups excluding tert-OH is 1. The molecule has 0 bridgehead atoms. The average molecular weight is 266 g/mol. The maximum atomic E-state index is 8.99. The van der Waals surface area contributed by atoms with E-state index in [0.717, 1.165) is 38.0 Å².